The molecule has 4 heteroatoms. The first-order chi connectivity index (χ1) is 7.15. The van der Waals surface area contributed by atoms with Crippen LogP contribution in [0.25, 0.3) is 0 Å². The third kappa shape index (κ3) is 3.47. The summed E-state index contributed by atoms with van der Waals surface area (Å²) in [6.07, 6.45) is 0. The second kappa shape index (κ2) is 5.66. The maximum Gasteiger partial charge on any atom is 0.142 e. The Morgan fingerprint density at radius 2 is 2.20 bits per heavy atom. The average molecular weight is 224 g/mol. The quantitative estimate of drug-likeness (QED) is 0.271. The molecule has 0 aliphatic rings. The molecule has 1 atom stereocenters. The molecule has 0 aliphatic heterocycles. The van der Waals surface area contributed by atoms with E-state index in [1.165, 1.54) is 10.5 Å². The van der Waals surface area contributed by atoms with E-state index in [4.69, 9.17) is 10.9 Å². The Labute approximate surface area is 94.4 Å². The third-order valence-corrected chi connectivity index (χ3v) is 3.64. The van der Waals surface area contributed by atoms with Crippen molar-refractivity contribution in [3.05, 3.63) is 29.8 Å². The summed E-state index contributed by atoms with van der Waals surface area (Å²) in [6, 6.07) is 8.20. The molecule has 1 rings (SSSR count). The van der Waals surface area contributed by atoms with Crippen LogP contribution in [0.2, 0.25) is 0 Å². The number of amidine groups is 1. The van der Waals surface area contributed by atoms with Gasteiger partial charge in [-0.3, -0.25) is 0 Å². The van der Waals surface area contributed by atoms with E-state index in [9.17, 15) is 0 Å². The van der Waals surface area contributed by atoms with Gasteiger partial charge in [0.15, 0.2) is 0 Å². The fourth-order valence-electron chi connectivity index (χ4n) is 1.12. The topological polar surface area (TPSA) is 58.6 Å². The van der Waals surface area contributed by atoms with Crippen LogP contribution in [0.1, 0.15) is 12.5 Å². The SMILES string of the molecule is Cc1ccccc1SCC(C)/C(N)=N/O. The van der Waals surface area contributed by atoms with Gasteiger partial charge in [-0.05, 0) is 18.6 Å². The van der Waals surface area contributed by atoms with Crippen molar-refractivity contribution >= 4 is 17.6 Å². The lowest BCUT2D eigenvalue weighted by Crippen LogP contribution is -2.22. The summed E-state index contributed by atoms with van der Waals surface area (Å²) in [4.78, 5) is 1.25. The second-order valence-corrected chi connectivity index (χ2v) is 4.56. The van der Waals surface area contributed by atoms with E-state index in [0.29, 0.717) is 0 Å². The molecule has 0 bridgehead atoms. The number of hydrogen-bond donors (Lipinski definition) is 2. The van der Waals surface area contributed by atoms with Gasteiger partial charge in [-0.25, -0.2) is 0 Å². The highest BCUT2D eigenvalue weighted by atomic mass is 32.2. The van der Waals surface area contributed by atoms with Crippen molar-refractivity contribution in [3.8, 4) is 0 Å². The smallest absolute Gasteiger partial charge is 0.142 e. The highest BCUT2D eigenvalue weighted by Gasteiger charge is 2.08. The van der Waals surface area contributed by atoms with Crippen LogP contribution in [0.5, 0.6) is 0 Å². The van der Waals surface area contributed by atoms with E-state index >= 15 is 0 Å². The largest absolute Gasteiger partial charge is 0.409 e. The summed E-state index contributed by atoms with van der Waals surface area (Å²) in [6.45, 7) is 4.02. The molecule has 15 heavy (non-hydrogen) atoms. The summed E-state index contributed by atoms with van der Waals surface area (Å²) >= 11 is 1.73. The molecule has 0 aromatic heterocycles. The van der Waals surface area contributed by atoms with Gasteiger partial charge in [0, 0.05) is 16.6 Å². The molecular weight excluding hydrogens is 208 g/mol. The van der Waals surface area contributed by atoms with Crippen molar-refractivity contribution < 1.29 is 5.21 Å². The zero-order valence-corrected chi connectivity index (χ0v) is 9.79. The van der Waals surface area contributed by atoms with Crippen LogP contribution in [0.15, 0.2) is 34.3 Å². The van der Waals surface area contributed by atoms with Crippen molar-refractivity contribution in [1.29, 1.82) is 0 Å². The summed E-state index contributed by atoms with van der Waals surface area (Å²) in [7, 11) is 0. The van der Waals surface area contributed by atoms with Gasteiger partial charge in [0.05, 0.1) is 0 Å². The first-order valence-electron chi connectivity index (χ1n) is 4.81. The van der Waals surface area contributed by atoms with Gasteiger partial charge in [0.25, 0.3) is 0 Å². The molecule has 3 nitrogen and oxygen atoms in total. The van der Waals surface area contributed by atoms with Crippen molar-refractivity contribution in [2.45, 2.75) is 18.7 Å². The molecule has 1 aromatic carbocycles. The van der Waals surface area contributed by atoms with E-state index in [1.54, 1.807) is 11.8 Å². The molecule has 0 saturated carbocycles. The molecule has 0 radical (unpaired) electrons. The standard InChI is InChI=1S/C11H16N2OS/c1-8-5-3-4-6-10(8)15-7-9(2)11(12)13-14/h3-6,9,14H,7H2,1-2H3,(H2,12,13). The number of nitrogens with two attached hydrogens (primary N) is 1. The lowest BCUT2D eigenvalue weighted by molar-refractivity contribution is 0.315. The van der Waals surface area contributed by atoms with Gasteiger partial charge < -0.3 is 10.9 Å². The molecule has 0 heterocycles. The van der Waals surface area contributed by atoms with Crippen LogP contribution in [0.3, 0.4) is 0 Å². The summed E-state index contributed by atoms with van der Waals surface area (Å²) < 4.78 is 0. The maximum absolute atomic E-state index is 8.51. The monoisotopic (exact) mass is 224 g/mol. The minimum atomic E-state index is 0.0830. The van der Waals surface area contributed by atoms with E-state index in [-0.39, 0.29) is 11.8 Å². The molecule has 1 aromatic rings. The minimum absolute atomic E-state index is 0.0830. The number of rotatable bonds is 4. The number of nitrogens with zero attached hydrogens (tertiary/aromatic N) is 1. The second-order valence-electron chi connectivity index (χ2n) is 3.50. The van der Waals surface area contributed by atoms with Crippen LogP contribution >= 0.6 is 11.8 Å². The van der Waals surface area contributed by atoms with Crippen LogP contribution in [-0.2, 0) is 0 Å². The van der Waals surface area contributed by atoms with E-state index in [0.717, 1.165) is 5.75 Å². The molecule has 3 N–H and O–H groups in total. The van der Waals surface area contributed by atoms with Gasteiger partial charge in [-0.15, -0.1) is 11.8 Å². The Kier molecular flexibility index (Phi) is 4.49. The van der Waals surface area contributed by atoms with E-state index in [1.807, 2.05) is 19.1 Å². The van der Waals surface area contributed by atoms with Crippen molar-refractivity contribution in [1.82, 2.24) is 0 Å². The molecule has 82 valence electrons. The van der Waals surface area contributed by atoms with Crippen LogP contribution in [0, 0.1) is 12.8 Å². The van der Waals surface area contributed by atoms with Gasteiger partial charge in [-0.2, -0.15) is 0 Å². The predicted octanol–water partition coefficient (Wildman–Crippen LogP) is 2.47. The number of oxime groups is 1. The van der Waals surface area contributed by atoms with E-state index < -0.39 is 0 Å². The fraction of sp³-hybridized carbons (Fsp3) is 0.364. The minimum Gasteiger partial charge on any atom is -0.409 e. The normalized spacial score (nSPS) is 13.9. The number of aryl methyl sites for hydroxylation is 1. The molecule has 1 unspecified atom stereocenters. The predicted molar refractivity (Wildman–Crippen MR) is 64.5 cm³/mol. The third-order valence-electron chi connectivity index (χ3n) is 2.20. The van der Waals surface area contributed by atoms with Crippen LogP contribution in [-0.4, -0.2) is 16.8 Å². The Bertz CT molecular complexity index is 352. The maximum atomic E-state index is 8.51. The Morgan fingerprint density at radius 3 is 2.80 bits per heavy atom. The van der Waals surface area contributed by atoms with Crippen molar-refractivity contribution in [2.24, 2.45) is 16.8 Å². The first kappa shape index (κ1) is 11.9. The highest BCUT2D eigenvalue weighted by molar-refractivity contribution is 7.99. The van der Waals surface area contributed by atoms with Gasteiger partial charge >= 0.3 is 0 Å². The molecule has 0 fully saturated rings. The number of benzene rings is 1. The molecule has 0 amide bonds. The Hall–Kier alpha value is -1.16. The fourth-order valence-corrected chi connectivity index (χ4v) is 2.19. The lowest BCUT2D eigenvalue weighted by Gasteiger charge is -2.10. The summed E-state index contributed by atoms with van der Waals surface area (Å²) in [5.74, 6) is 1.19. The highest BCUT2D eigenvalue weighted by Crippen LogP contribution is 2.23. The van der Waals surface area contributed by atoms with Crippen molar-refractivity contribution in [3.63, 3.8) is 0 Å². The van der Waals surface area contributed by atoms with Crippen LogP contribution in [0.4, 0.5) is 0 Å². The van der Waals surface area contributed by atoms with Gasteiger partial charge in [0.1, 0.15) is 5.84 Å². The molecule has 0 aliphatic carbocycles. The summed E-state index contributed by atoms with van der Waals surface area (Å²) in [5, 5.41) is 11.5. The number of thioether (sulfide) groups is 1. The van der Waals surface area contributed by atoms with Gasteiger partial charge in [-0.1, -0.05) is 30.3 Å². The Morgan fingerprint density at radius 1 is 1.53 bits per heavy atom. The summed E-state index contributed by atoms with van der Waals surface area (Å²) in [5.41, 5.74) is 6.76. The molecule has 0 spiro atoms. The zero-order chi connectivity index (χ0) is 11.3. The lowest BCUT2D eigenvalue weighted by atomic mass is 10.2. The van der Waals surface area contributed by atoms with Gasteiger partial charge in [0.2, 0.25) is 0 Å². The molecule has 0 saturated heterocycles. The number of hydrogen-bond acceptors (Lipinski definition) is 3. The van der Waals surface area contributed by atoms with E-state index in [2.05, 4.69) is 24.2 Å². The zero-order valence-electron chi connectivity index (χ0n) is 8.97. The molecular formula is C11H16N2OS. The average Bonchev–Trinajstić information content (AvgIpc) is 2.26. The van der Waals surface area contributed by atoms with Crippen molar-refractivity contribution in [2.75, 3.05) is 5.75 Å². The Balaban J connectivity index is 2.54. The first-order valence-corrected chi connectivity index (χ1v) is 5.79. The van der Waals surface area contributed by atoms with Crippen LogP contribution < -0.4 is 5.73 Å².